The fraction of sp³-hybridized carbons (Fsp3) is 1.00. The van der Waals surface area contributed by atoms with E-state index < -0.39 is 0 Å². The zero-order valence-corrected chi connectivity index (χ0v) is 10.7. The molecule has 4 bridgehead atoms. The van der Waals surface area contributed by atoms with E-state index >= 15 is 0 Å². The van der Waals surface area contributed by atoms with Gasteiger partial charge in [-0.15, -0.1) is 23.2 Å². The van der Waals surface area contributed by atoms with Gasteiger partial charge in [-0.3, -0.25) is 0 Å². The van der Waals surface area contributed by atoms with E-state index in [0.717, 1.165) is 23.7 Å². The van der Waals surface area contributed by atoms with Gasteiger partial charge in [0.1, 0.15) is 4.33 Å². The smallest absolute Gasteiger partial charge is 0.101 e. The Morgan fingerprint density at radius 1 is 0.867 bits per heavy atom. The highest BCUT2D eigenvalue weighted by atomic mass is 35.5. The van der Waals surface area contributed by atoms with Crippen LogP contribution < -0.4 is 0 Å². The predicted octanol–water partition coefficient (Wildman–Crippen LogP) is 4.25. The van der Waals surface area contributed by atoms with Crippen LogP contribution in [0.25, 0.3) is 0 Å². The number of hydrogen-bond donors (Lipinski definition) is 0. The summed E-state index contributed by atoms with van der Waals surface area (Å²) in [7, 11) is 0. The zero-order valence-electron chi connectivity index (χ0n) is 9.18. The van der Waals surface area contributed by atoms with Crippen molar-refractivity contribution < 1.29 is 0 Å². The van der Waals surface area contributed by atoms with Crippen LogP contribution in [0.3, 0.4) is 0 Å². The van der Waals surface area contributed by atoms with Gasteiger partial charge in [-0.2, -0.15) is 0 Å². The van der Waals surface area contributed by atoms with Crippen LogP contribution in [0.1, 0.15) is 39.0 Å². The van der Waals surface area contributed by atoms with Crippen molar-refractivity contribution in [3.05, 3.63) is 0 Å². The molecule has 0 heterocycles. The molecule has 0 aromatic heterocycles. The van der Waals surface area contributed by atoms with E-state index in [1.165, 1.54) is 32.1 Å². The second-order valence-electron chi connectivity index (χ2n) is 6.58. The fourth-order valence-corrected chi connectivity index (χ4v) is 7.03. The molecule has 0 aliphatic heterocycles. The predicted molar refractivity (Wildman–Crippen MR) is 63.1 cm³/mol. The Hall–Kier alpha value is 0.580. The summed E-state index contributed by atoms with van der Waals surface area (Å²) < 4.78 is -0.379. The van der Waals surface area contributed by atoms with E-state index in [9.17, 15) is 0 Å². The average molecular weight is 245 g/mol. The van der Waals surface area contributed by atoms with Gasteiger partial charge in [0, 0.05) is 5.41 Å². The maximum Gasteiger partial charge on any atom is 0.128 e. The van der Waals surface area contributed by atoms with Crippen molar-refractivity contribution in [2.75, 3.05) is 0 Å². The molecule has 0 saturated heterocycles. The van der Waals surface area contributed by atoms with Crippen LogP contribution in [0.2, 0.25) is 0 Å². The Morgan fingerprint density at radius 2 is 1.27 bits per heavy atom. The van der Waals surface area contributed by atoms with Gasteiger partial charge < -0.3 is 0 Å². The van der Waals surface area contributed by atoms with Crippen molar-refractivity contribution in [1.29, 1.82) is 0 Å². The van der Waals surface area contributed by atoms with Gasteiger partial charge >= 0.3 is 0 Å². The van der Waals surface area contributed by atoms with Gasteiger partial charge in [-0.1, -0.05) is 6.92 Å². The molecule has 0 aromatic rings. The first-order valence-electron chi connectivity index (χ1n) is 6.44. The van der Waals surface area contributed by atoms with Crippen molar-refractivity contribution in [2.45, 2.75) is 43.4 Å². The van der Waals surface area contributed by atoms with Gasteiger partial charge in [-0.25, -0.2) is 0 Å². The number of rotatable bonds is 0. The zero-order chi connectivity index (χ0) is 10.4. The maximum atomic E-state index is 6.56. The largest absolute Gasteiger partial charge is 0.128 e. The Labute approximate surface area is 102 Å². The SMILES string of the molecule is CC1C(Cl)(Cl)C12C1CC3CC(C1)CC2C3. The summed E-state index contributed by atoms with van der Waals surface area (Å²) in [4.78, 5) is 0. The first-order chi connectivity index (χ1) is 7.06. The molecule has 5 fully saturated rings. The molecule has 0 aromatic carbocycles. The number of hydrogen-bond acceptors (Lipinski definition) is 0. The lowest BCUT2D eigenvalue weighted by molar-refractivity contribution is -0.0599. The molecule has 84 valence electrons. The molecule has 0 amide bonds. The van der Waals surface area contributed by atoms with E-state index in [1.807, 2.05) is 0 Å². The molecule has 1 spiro atoms. The molecule has 5 aliphatic rings. The van der Waals surface area contributed by atoms with Crippen LogP contribution in [0, 0.1) is 35.0 Å². The van der Waals surface area contributed by atoms with E-state index in [0.29, 0.717) is 11.3 Å². The summed E-state index contributed by atoms with van der Waals surface area (Å²) in [6, 6.07) is 0. The molecule has 0 N–H and O–H groups in total. The molecule has 1 unspecified atom stereocenters. The maximum absolute atomic E-state index is 6.56. The minimum Gasteiger partial charge on any atom is -0.101 e. The summed E-state index contributed by atoms with van der Waals surface area (Å²) in [5.41, 5.74) is 0.337. The van der Waals surface area contributed by atoms with E-state index in [2.05, 4.69) is 6.92 Å². The van der Waals surface area contributed by atoms with Gasteiger partial charge in [-0.05, 0) is 61.7 Å². The van der Waals surface area contributed by atoms with Crippen LogP contribution in [0.4, 0.5) is 0 Å². The summed E-state index contributed by atoms with van der Waals surface area (Å²) >= 11 is 13.1. The third-order valence-electron chi connectivity index (χ3n) is 6.24. The minimum atomic E-state index is -0.379. The lowest BCUT2D eigenvalue weighted by Gasteiger charge is -2.56. The average Bonchev–Trinajstić information content (AvgIpc) is 2.58. The molecule has 1 atom stereocenters. The molecule has 5 aliphatic carbocycles. The summed E-state index contributed by atoms with van der Waals surface area (Å²) in [6.45, 7) is 2.28. The summed E-state index contributed by atoms with van der Waals surface area (Å²) in [5, 5.41) is 0. The molecular formula is C13H18Cl2. The van der Waals surface area contributed by atoms with Crippen molar-refractivity contribution in [1.82, 2.24) is 0 Å². The van der Waals surface area contributed by atoms with Crippen LogP contribution in [-0.2, 0) is 0 Å². The highest BCUT2D eigenvalue weighted by Crippen LogP contribution is 2.82. The molecule has 5 saturated carbocycles. The molecule has 2 heteroatoms. The summed E-state index contributed by atoms with van der Waals surface area (Å²) in [6.07, 6.45) is 7.23. The van der Waals surface area contributed by atoms with Crippen LogP contribution in [0.15, 0.2) is 0 Å². The molecule has 5 rings (SSSR count). The van der Waals surface area contributed by atoms with Crippen LogP contribution in [0.5, 0.6) is 0 Å². The quantitative estimate of drug-likeness (QED) is 0.559. The van der Waals surface area contributed by atoms with Gasteiger partial charge in [0.15, 0.2) is 0 Å². The van der Waals surface area contributed by atoms with E-state index in [4.69, 9.17) is 23.2 Å². The second-order valence-corrected chi connectivity index (χ2v) is 7.97. The van der Waals surface area contributed by atoms with Crippen LogP contribution in [-0.4, -0.2) is 4.33 Å². The Morgan fingerprint density at radius 3 is 1.60 bits per heavy atom. The van der Waals surface area contributed by atoms with Crippen LogP contribution >= 0.6 is 23.2 Å². The highest BCUT2D eigenvalue weighted by molar-refractivity contribution is 6.52. The number of alkyl halides is 2. The van der Waals surface area contributed by atoms with E-state index in [1.54, 1.807) is 0 Å². The highest BCUT2D eigenvalue weighted by Gasteiger charge is 2.81. The van der Waals surface area contributed by atoms with Gasteiger partial charge in [0.05, 0.1) is 0 Å². The normalized spacial score (nSPS) is 63.8. The van der Waals surface area contributed by atoms with Crippen molar-refractivity contribution >= 4 is 23.2 Å². The standard InChI is InChI=1S/C13H18Cl2/c1-7-12(13(7,14)15)10-3-8-2-9(5-10)6-11(12)4-8/h7-11H,2-6H2,1H3. The van der Waals surface area contributed by atoms with Crippen molar-refractivity contribution in [3.63, 3.8) is 0 Å². The molecule has 0 radical (unpaired) electrons. The monoisotopic (exact) mass is 244 g/mol. The first kappa shape index (κ1) is 9.59. The fourth-order valence-electron chi connectivity index (χ4n) is 5.84. The molecule has 0 nitrogen and oxygen atoms in total. The van der Waals surface area contributed by atoms with E-state index in [-0.39, 0.29) is 4.33 Å². The third-order valence-corrected chi connectivity index (χ3v) is 7.55. The Kier molecular flexibility index (Phi) is 1.62. The molecule has 15 heavy (non-hydrogen) atoms. The lowest BCUT2D eigenvalue weighted by Crippen LogP contribution is -2.48. The lowest BCUT2D eigenvalue weighted by atomic mass is 9.49. The minimum absolute atomic E-state index is 0.337. The first-order valence-corrected chi connectivity index (χ1v) is 7.20. The summed E-state index contributed by atoms with van der Waals surface area (Å²) in [5.74, 6) is 4.31. The Bertz CT molecular complexity index is 292. The van der Waals surface area contributed by atoms with Crippen molar-refractivity contribution in [2.24, 2.45) is 35.0 Å². The van der Waals surface area contributed by atoms with Gasteiger partial charge in [0.2, 0.25) is 0 Å². The molecular weight excluding hydrogens is 227 g/mol. The Balaban J connectivity index is 1.78. The third kappa shape index (κ3) is 0.867. The van der Waals surface area contributed by atoms with Crippen molar-refractivity contribution in [3.8, 4) is 0 Å². The second kappa shape index (κ2) is 2.53. The van der Waals surface area contributed by atoms with Gasteiger partial charge in [0.25, 0.3) is 0 Å². The topological polar surface area (TPSA) is 0 Å². The number of halogens is 2.